The van der Waals surface area contributed by atoms with E-state index in [2.05, 4.69) is 15.9 Å². The summed E-state index contributed by atoms with van der Waals surface area (Å²) in [5, 5.41) is 1.58. The molecule has 3 rings (SSSR count). The Bertz CT molecular complexity index is 899. The van der Waals surface area contributed by atoms with E-state index in [1.54, 1.807) is 12.1 Å². The Morgan fingerprint density at radius 2 is 1.76 bits per heavy atom. The molecule has 0 N–H and O–H groups in total. The molecule has 0 aliphatic rings. The molecule has 0 aliphatic heterocycles. The third-order valence-electron chi connectivity index (χ3n) is 3.32. The zero-order valence-corrected chi connectivity index (χ0v) is 14.0. The average molecular weight is 384 g/mol. The lowest BCUT2D eigenvalue weighted by Gasteiger charge is -2.09. The van der Waals surface area contributed by atoms with Crippen LogP contribution in [0.25, 0.3) is 22.1 Å². The number of hydrogen-bond acceptors (Lipinski definition) is 2. The minimum absolute atomic E-state index is 0.333. The van der Waals surface area contributed by atoms with Crippen LogP contribution in [0.1, 0.15) is 5.56 Å². The molecule has 0 fully saturated rings. The van der Waals surface area contributed by atoms with Crippen LogP contribution in [0.15, 0.2) is 50.1 Å². The molecule has 0 spiro atoms. The highest BCUT2D eigenvalue weighted by molar-refractivity contribution is 9.10. The SMILES string of the molecule is Cc1c(-c2ccc(Br)cc2)c(=O)oc2c(Cl)cc(Cl)cc12. The molecule has 106 valence electrons. The lowest BCUT2D eigenvalue weighted by Crippen LogP contribution is -2.06. The largest absolute Gasteiger partial charge is 0.421 e. The van der Waals surface area contributed by atoms with Crippen LogP contribution in [0.4, 0.5) is 0 Å². The number of hydrogen-bond donors (Lipinski definition) is 0. The van der Waals surface area contributed by atoms with Crippen LogP contribution < -0.4 is 5.63 Å². The highest BCUT2D eigenvalue weighted by Gasteiger charge is 2.15. The Labute approximate surface area is 139 Å². The minimum atomic E-state index is -0.411. The molecule has 0 aliphatic carbocycles. The molecule has 0 unspecified atom stereocenters. The van der Waals surface area contributed by atoms with E-state index in [9.17, 15) is 4.79 Å². The van der Waals surface area contributed by atoms with Crippen molar-refractivity contribution in [3.05, 3.63) is 66.9 Å². The van der Waals surface area contributed by atoms with Crippen molar-refractivity contribution in [3.8, 4) is 11.1 Å². The van der Waals surface area contributed by atoms with Crippen molar-refractivity contribution in [1.29, 1.82) is 0 Å². The quantitative estimate of drug-likeness (QED) is 0.494. The third-order valence-corrected chi connectivity index (χ3v) is 4.35. The number of halogens is 3. The summed E-state index contributed by atoms with van der Waals surface area (Å²) in [4.78, 5) is 12.3. The standard InChI is InChI=1S/C16H9BrCl2O2/c1-8-12-6-11(18)7-13(19)15(12)21-16(20)14(8)9-2-4-10(17)5-3-9/h2-7H,1H3. The van der Waals surface area contributed by atoms with Crippen LogP contribution in [0, 0.1) is 6.92 Å². The zero-order chi connectivity index (χ0) is 15.1. The van der Waals surface area contributed by atoms with Crippen LogP contribution >= 0.6 is 39.1 Å². The third kappa shape index (κ3) is 2.61. The van der Waals surface area contributed by atoms with Crippen molar-refractivity contribution >= 4 is 50.1 Å². The summed E-state index contributed by atoms with van der Waals surface area (Å²) in [7, 11) is 0. The molecule has 2 aromatic carbocycles. The van der Waals surface area contributed by atoms with Gasteiger partial charge in [0.25, 0.3) is 0 Å². The molecule has 0 radical (unpaired) electrons. The molecule has 3 aromatic rings. The smallest absolute Gasteiger partial charge is 0.344 e. The molecule has 0 saturated heterocycles. The monoisotopic (exact) mass is 382 g/mol. The van der Waals surface area contributed by atoms with Gasteiger partial charge in [0.2, 0.25) is 0 Å². The number of benzene rings is 2. The van der Waals surface area contributed by atoms with E-state index in [1.165, 1.54) is 0 Å². The van der Waals surface area contributed by atoms with Gasteiger partial charge in [0.05, 0.1) is 10.6 Å². The van der Waals surface area contributed by atoms with Gasteiger partial charge in [0, 0.05) is 14.9 Å². The number of aryl methyl sites for hydroxylation is 1. The second-order valence-electron chi connectivity index (χ2n) is 4.66. The lowest BCUT2D eigenvalue weighted by molar-refractivity contribution is 0.562. The molecule has 0 atom stereocenters. The van der Waals surface area contributed by atoms with E-state index in [0.29, 0.717) is 21.2 Å². The number of rotatable bonds is 1. The van der Waals surface area contributed by atoms with E-state index in [1.807, 2.05) is 31.2 Å². The highest BCUT2D eigenvalue weighted by atomic mass is 79.9. The summed E-state index contributed by atoms with van der Waals surface area (Å²) in [6.07, 6.45) is 0. The molecule has 1 heterocycles. The van der Waals surface area contributed by atoms with E-state index >= 15 is 0 Å². The zero-order valence-electron chi connectivity index (χ0n) is 10.9. The fourth-order valence-electron chi connectivity index (χ4n) is 2.33. The molecule has 2 nitrogen and oxygen atoms in total. The van der Waals surface area contributed by atoms with E-state index in [-0.39, 0.29) is 0 Å². The molecule has 0 bridgehead atoms. The molecule has 21 heavy (non-hydrogen) atoms. The molecule has 5 heteroatoms. The van der Waals surface area contributed by atoms with Crippen molar-refractivity contribution in [2.45, 2.75) is 6.92 Å². The number of fused-ring (bicyclic) bond motifs is 1. The first-order valence-corrected chi connectivity index (χ1v) is 7.70. The predicted molar refractivity (Wildman–Crippen MR) is 90.4 cm³/mol. The first-order chi connectivity index (χ1) is 9.97. The maximum absolute atomic E-state index is 12.3. The van der Waals surface area contributed by atoms with E-state index in [4.69, 9.17) is 27.6 Å². The highest BCUT2D eigenvalue weighted by Crippen LogP contribution is 2.33. The van der Waals surface area contributed by atoms with Gasteiger partial charge in [0.1, 0.15) is 0 Å². The van der Waals surface area contributed by atoms with Gasteiger partial charge in [-0.05, 0) is 42.3 Å². The molecular weight excluding hydrogens is 375 g/mol. The van der Waals surface area contributed by atoms with Gasteiger partial charge in [-0.25, -0.2) is 4.79 Å². The van der Waals surface area contributed by atoms with Gasteiger partial charge in [-0.3, -0.25) is 0 Å². The Kier molecular flexibility index (Phi) is 3.82. The average Bonchev–Trinajstić information content (AvgIpc) is 2.42. The fourth-order valence-corrected chi connectivity index (χ4v) is 3.12. The normalized spacial score (nSPS) is 11.0. The van der Waals surface area contributed by atoms with Crippen LogP contribution in [0.5, 0.6) is 0 Å². The minimum Gasteiger partial charge on any atom is -0.421 e. The Morgan fingerprint density at radius 3 is 2.43 bits per heavy atom. The summed E-state index contributed by atoms with van der Waals surface area (Å²) >= 11 is 15.5. The van der Waals surface area contributed by atoms with Gasteiger partial charge in [-0.2, -0.15) is 0 Å². The Morgan fingerprint density at radius 1 is 1.10 bits per heavy atom. The molecule has 0 saturated carbocycles. The summed E-state index contributed by atoms with van der Waals surface area (Å²) in [6.45, 7) is 1.86. The van der Waals surface area contributed by atoms with Crippen molar-refractivity contribution in [2.24, 2.45) is 0 Å². The molecule has 1 aromatic heterocycles. The summed E-state index contributed by atoms with van der Waals surface area (Å²) in [6, 6.07) is 10.8. The van der Waals surface area contributed by atoms with Gasteiger partial charge in [-0.15, -0.1) is 0 Å². The maximum atomic E-state index is 12.3. The first kappa shape index (κ1) is 14.6. The van der Waals surface area contributed by atoms with Crippen molar-refractivity contribution in [1.82, 2.24) is 0 Å². The second-order valence-corrected chi connectivity index (χ2v) is 6.42. The summed E-state index contributed by atoms with van der Waals surface area (Å²) in [5.74, 6) is 0. The van der Waals surface area contributed by atoms with Crippen LogP contribution in [-0.4, -0.2) is 0 Å². The van der Waals surface area contributed by atoms with Crippen LogP contribution in [0.3, 0.4) is 0 Å². The van der Waals surface area contributed by atoms with Crippen molar-refractivity contribution in [3.63, 3.8) is 0 Å². The van der Waals surface area contributed by atoms with Crippen LogP contribution in [0.2, 0.25) is 10.0 Å². The predicted octanol–water partition coefficient (Wildman–Crippen LogP) is 5.84. The van der Waals surface area contributed by atoms with Gasteiger partial charge in [0.15, 0.2) is 5.58 Å². The fraction of sp³-hybridized carbons (Fsp3) is 0.0625. The maximum Gasteiger partial charge on any atom is 0.344 e. The molecular formula is C16H9BrCl2O2. The van der Waals surface area contributed by atoms with Crippen molar-refractivity contribution < 1.29 is 4.42 Å². The second kappa shape index (κ2) is 5.48. The van der Waals surface area contributed by atoms with Gasteiger partial charge < -0.3 is 4.42 Å². The molecule has 0 amide bonds. The van der Waals surface area contributed by atoms with Gasteiger partial charge in [-0.1, -0.05) is 51.3 Å². The summed E-state index contributed by atoms with van der Waals surface area (Å²) < 4.78 is 6.33. The Balaban J connectivity index is 2.39. The van der Waals surface area contributed by atoms with E-state index in [0.717, 1.165) is 21.0 Å². The van der Waals surface area contributed by atoms with Crippen LogP contribution in [-0.2, 0) is 0 Å². The van der Waals surface area contributed by atoms with Gasteiger partial charge >= 0.3 is 5.63 Å². The Hall–Kier alpha value is -1.29. The van der Waals surface area contributed by atoms with Crippen molar-refractivity contribution in [2.75, 3.05) is 0 Å². The summed E-state index contributed by atoms with van der Waals surface area (Å²) in [5.41, 5.74) is 2.07. The van der Waals surface area contributed by atoms with E-state index < -0.39 is 5.63 Å². The topological polar surface area (TPSA) is 30.2 Å². The lowest BCUT2D eigenvalue weighted by atomic mass is 10.00. The first-order valence-electron chi connectivity index (χ1n) is 6.16.